The van der Waals surface area contributed by atoms with Gasteiger partial charge in [0, 0.05) is 10.6 Å². The predicted octanol–water partition coefficient (Wildman–Crippen LogP) is 2.40. The first-order chi connectivity index (χ1) is 5.65. The van der Waals surface area contributed by atoms with Crippen LogP contribution in [0.5, 0.6) is 5.75 Å². The maximum absolute atomic E-state index is 9.30. The highest BCUT2D eigenvalue weighted by Gasteiger charge is 2.07. The van der Waals surface area contributed by atoms with Crippen LogP contribution in [0.25, 0.3) is 0 Å². The zero-order valence-corrected chi connectivity index (χ0v) is 7.80. The Morgan fingerprint density at radius 2 is 2.17 bits per heavy atom. The van der Waals surface area contributed by atoms with Crippen molar-refractivity contribution < 1.29 is 9.84 Å². The van der Waals surface area contributed by atoms with Crippen molar-refractivity contribution in [1.29, 1.82) is 0 Å². The molecule has 1 aromatic carbocycles. The lowest BCUT2D eigenvalue weighted by Gasteiger charge is -2.10. The van der Waals surface area contributed by atoms with E-state index in [0.29, 0.717) is 10.8 Å². The SMILES string of the molecule is COc1cc(Cl)ccc1[C@H](C)O. The summed E-state index contributed by atoms with van der Waals surface area (Å²) in [7, 11) is 1.55. The Hall–Kier alpha value is -0.730. The second-order valence-electron chi connectivity index (χ2n) is 2.56. The van der Waals surface area contributed by atoms with Crippen LogP contribution < -0.4 is 4.74 Å². The molecule has 1 aromatic rings. The van der Waals surface area contributed by atoms with Crippen LogP contribution >= 0.6 is 11.6 Å². The van der Waals surface area contributed by atoms with Crippen molar-refractivity contribution in [2.75, 3.05) is 7.11 Å². The van der Waals surface area contributed by atoms with Gasteiger partial charge in [-0.2, -0.15) is 0 Å². The quantitative estimate of drug-likeness (QED) is 0.769. The lowest BCUT2D eigenvalue weighted by atomic mass is 10.1. The van der Waals surface area contributed by atoms with Crippen LogP contribution in [-0.4, -0.2) is 12.2 Å². The van der Waals surface area contributed by atoms with E-state index in [0.717, 1.165) is 5.56 Å². The van der Waals surface area contributed by atoms with Crippen LogP contribution in [0, 0.1) is 0 Å². The Morgan fingerprint density at radius 1 is 1.50 bits per heavy atom. The number of rotatable bonds is 2. The zero-order valence-electron chi connectivity index (χ0n) is 7.04. The Balaban J connectivity index is 3.11. The van der Waals surface area contributed by atoms with E-state index in [1.54, 1.807) is 32.2 Å². The minimum Gasteiger partial charge on any atom is -0.496 e. The summed E-state index contributed by atoms with van der Waals surface area (Å²) in [5.41, 5.74) is 0.752. The highest BCUT2D eigenvalue weighted by Crippen LogP contribution is 2.27. The molecule has 0 heterocycles. The fraction of sp³-hybridized carbons (Fsp3) is 0.333. The van der Waals surface area contributed by atoms with E-state index in [1.807, 2.05) is 0 Å². The lowest BCUT2D eigenvalue weighted by molar-refractivity contribution is 0.194. The summed E-state index contributed by atoms with van der Waals surface area (Å²) in [5, 5.41) is 9.91. The maximum atomic E-state index is 9.30. The number of methoxy groups -OCH3 is 1. The zero-order chi connectivity index (χ0) is 9.14. The van der Waals surface area contributed by atoms with Crippen LogP contribution in [0.3, 0.4) is 0 Å². The molecule has 0 unspecified atom stereocenters. The van der Waals surface area contributed by atoms with Gasteiger partial charge >= 0.3 is 0 Å². The van der Waals surface area contributed by atoms with Gasteiger partial charge in [0.15, 0.2) is 0 Å². The second kappa shape index (κ2) is 3.78. The third kappa shape index (κ3) is 1.90. The molecule has 0 fully saturated rings. The molecule has 0 saturated carbocycles. The molecule has 0 aliphatic carbocycles. The Kier molecular flexibility index (Phi) is 2.95. The van der Waals surface area contributed by atoms with E-state index in [9.17, 15) is 5.11 Å². The van der Waals surface area contributed by atoms with Gasteiger partial charge in [-0.05, 0) is 19.1 Å². The van der Waals surface area contributed by atoms with Gasteiger partial charge < -0.3 is 9.84 Å². The van der Waals surface area contributed by atoms with Crippen molar-refractivity contribution in [3.8, 4) is 5.75 Å². The molecule has 3 heteroatoms. The van der Waals surface area contributed by atoms with Crippen LogP contribution in [0.4, 0.5) is 0 Å². The van der Waals surface area contributed by atoms with Gasteiger partial charge in [0.25, 0.3) is 0 Å². The van der Waals surface area contributed by atoms with E-state index in [1.165, 1.54) is 0 Å². The number of benzene rings is 1. The molecule has 1 N–H and O–H groups in total. The van der Waals surface area contributed by atoms with Gasteiger partial charge in [-0.15, -0.1) is 0 Å². The van der Waals surface area contributed by atoms with Crippen LogP contribution in [0.2, 0.25) is 5.02 Å². The second-order valence-corrected chi connectivity index (χ2v) is 3.00. The molecule has 66 valence electrons. The number of hydrogen-bond acceptors (Lipinski definition) is 2. The largest absolute Gasteiger partial charge is 0.496 e. The number of halogens is 1. The summed E-state index contributed by atoms with van der Waals surface area (Å²) in [4.78, 5) is 0. The fourth-order valence-electron chi connectivity index (χ4n) is 1.03. The van der Waals surface area contributed by atoms with Gasteiger partial charge in [0.2, 0.25) is 0 Å². The molecule has 0 aliphatic rings. The molecule has 0 aromatic heterocycles. The number of hydrogen-bond donors (Lipinski definition) is 1. The molecule has 12 heavy (non-hydrogen) atoms. The molecular weight excluding hydrogens is 176 g/mol. The summed E-state index contributed by atoms with van der Waals surface area (Å²) < 4.78 is 5.04. The predicted molar refractivity (Wildman–Crippen MR) is 48.6 cm³/mol. The monoisotopic (exact) mass is 186 g/mol. The van der Waals surface area contributed by atoms with Crippen LogP contribution in [0.1, 0.15) is 18.6 Å². The van der Waals surface area contributed by atoms with Crippen LogP contribution in [0.15, 0.2) is 18.2 Å². The van der Waals surface area contributed by atoms with Crippen molar-refractivity contribution in [3.05, 3.63) is 28.8 Å². The van der Waals surface area contributed by atoms with Gasteiger partial charge in [-0.25, -0.2) is 0 Å². The van der Waals surface area contributed by atoms with Gasteiger partial charge in [-0.1, -0.05) is 17.7 Å². The molecule has 0 saturated heterocycles. The molecule has 0 spiro atoms. The minimum absolute atomic E-state index is 0.530. The third-order valence-electron chi connectivity index (χ3n) is 1.65. The maximum Gasteiger partial charge on any atom is 0.126 e. The van der Waals surface area contributed by atoms with Crippen molar-refractivity contribution in [1.82, 2.24) is 0 Å². The molecule has 1 atom stereocenters. The molecule has 2 nitrogen and oxygen atoms in total. The number of aliphatic hydroxyl groups excluding tert-OH is 1. The average Bonchev–Trinajstić information content (AvgIpc) is 2.03. The van der Waals surface area contributed by atoms with E-state index < -0.39 is 6.10 Å². The normalized spacial score (nSPS) is 12.7. The standard InChI is InChI=1S/C9H11ClO2/c1-6(11)8-4-3-7(10)5-9(8)12-2/h3-6,11H,1-2H3/t6-/m0/s1. The number of aliphatic hydroxyl groups is 1. The lowest BCUT2D eigenvalue weighted by Crippen LogP contribution is -1.95. The molecule has 0 amide bonds. The van der Waals surface area contributed by atoms with E-state index in [-0.39, 0.29) is 0 Å². The first-order valence-corrected chi connectivity index (χ1v) is 4.04. The highest BCUT2D eigenvalue weighted by molar-refractivity contribution is 6.30. The van der Waals surface area contributed by atoms with Crippen molar-refractivity contribution in [3.63, 3.8) is 0 Å². The van der Waals surface area contributed by atoms with E-state index in [2.05, 4.69) is 0 Å². The van der Waals surface area contributed by atoms with Crippen molar-refractivity contribution in [2.45, 2.75) is 13.0 Å². The van der Waals surface area contributed by atoms with Crippen molar-refractivity contribution in [2.24, 2.45) is 0 Å². The smallest absolute Gasteiger partial charge is 0.126 e. The van der Waals surface area contributed by atoms with Crippen molar-refractivity contribution >= 4 is 11.6 Å². The summed E-state index contributed by atoms with van der Waals surface area (Å²) in [5.74, 6) is 0.623. The Bertz CT molecular complexity index is 271. The summed E-state index contributed by atoms with van der Waals surface area (Å²) >= 11 is 5.74. The highest BCUT2D eigenvalue weighted by atomic mass is 35.5. The summed E-state index contributed by atoms with van der Waals surface area (Å²) in [6.45, 7) is 1.69. The number of ether oxygens (including phenoxy) is 1. The topological polar surface area (TPSA) is 29.5 Å². The van der Waals surface area contributed by atoms with E-state index >= 15 is 0 Å². The van der Waals surface area contributed by atoms with Gasteiger partial charge in [0.1, 0.15) is 5.75 Å². The van der Waals surface area contributed by atoms with Gasteiger partial charge in [-0.3, -0.25) is 0 Å². The minimum atomic E-state index is -0.530. The first kappa shape index (κ1) is 9.36. The summed E-state index contributed by atoms with van der Waals surface area (Å²) in [6.07, 6.45) is -0.530. The molecular formula is C9H11ClO2. The molecule has 0 bridgehead atoms. The fourth-order valence-corrected chi connectivity index (χ4v) is 1.19. The first-order valence-electron chi connectivity index (χ1n) is 3.66. The average molecular weight is 187 g/mol. The van der Waals surface area contributed by atoms with Crippen LogP contribution in [-0.2, 0) is 0 Å². The third-order valence-corrected chi connectivity index (χ3v) is 1.88. The molecule has 0 aliphatic heterocycles. The molecule has 1 rings (SSSR count). The summed E-state index contributed by atoms with van der Waals surface area (Å²) in [6, 6.07) is 5.17. The Labute approximate surface area is 76.7 Å². The van der Waals surface area contributed by atoms with Gasteiger partial charge in [0.05, 0.1) is 13.2 Å². The Morgan fingerprint density at radius 3 is 2.67 bits per heavy atom. The molecule has 0 radical (unpaired) electrons. The van der Waals surface area contributed by atoms with E-state index in [4.69, 9.17) is 16.3 Å².